The summed E-state index contributed by atoms with van der Waals surface area (Å²) in [6.45, 7) is 5.02. The van der Waals surface area contributed by atoms with E-state index in [-0.39, 0.29) is 17.9 Å². The van der Waals surface area contributed by atoms with Crippen LogP contribution in [-0.4, -0.2) is 30.4 Å². The van der Waals surface area contributed by atoms with E-state index in [2.05, 4.69) is 19.2 Å². The molecule has 106 valence electrons. The zero-order valence-corrected chi connectivity index (χ0v) is 12.7. The lowest BCUT2D eigenvalue weighted by atomic mass is 9.88. The molecule has 1 aromatic rings. The Morgan fingerprint density at radius 3 is 2.68 bits per heavy atom. The van der Waals surface area contributed by atoms with Crippen molar-refractivity contribution in [3.05, 3.63) is 29.8 Å². The fraction of sp³-hybridized carbons (Fsp3) is 0.533. The molecular formula is C15H23NO2S. The van der Waals surface area contributed by atoms with Gasteiger partial charge in [0.25, 0.3) is 5.91 Å². The van der Waals surface area contributed by atoms with Crippen LogP contribution in [0.15, 0.2) is 29.2 Å². The molecule has 0 saturated heterocycles. The van der Waals surface area contributed by atoms with Crippen LogP contribution in [0.2, 0.25) is 0 Å². The van der Waals surface area contributed by atoms with E-state index in [1.165, 1.54) is 0 Å². The largest absolute Gasteiger partial charge is 0.396 e. The molecule has 3 nitrogen and oxygen atoms in total. The number of carbonyl (C=O) groups is 1. The number of benzene rings is 1. The first-order chi connectivity index (χ1) is 9.00. The molecule has 19 heavy (non-hydrogen) atoms. The molecule has 0 bridgehead atoms. The van der Waals surface area contributed by atoms with E-state index in [1.807, 2.05) is 30.5 Å². The van der Waals surface area contributed by atoms with Gasteiger partial charge in [-0.1, -0.05) is 26.0 Å². The molecule has 4 heteroatoms. The summed E-state index contributed by atoms with van der Waals surface area (Å²) < 4.78 is 0. The van der Waals surface area contributed by atoms with E-state index in [4.69, 9.17) is 5.11 Å². The number of nitrogens with one attached hydrogen (secondary N) is 1. The Morgan fingerprint density at radius 1 is 1.37 bits per heavy atom. The molecule has 2 N–H and O–H groups in total. The Bertz CT molecular complexity index is 418. The quantitative estimate of drug-likeness (QED) is 0.756. The zero-order valence-electron chi connectivity index (χ0n) is 11.9. The van der Waals surface area contributed by atoms with Gasteiger partial charge in [0.15, 0.2) is 0 Å². The second-order valence-corrected chi connectivity index (χ2v) is 6.22. The Kier molecular flexibility index (Phi) is 6.38. The highest BCUT2D eigenvalue weighted by Crippen LogP contribution is 2.22. The molecule has 0 aliphatic carbocycles. The highest BCUT2D eigenvalue weighted by atomic mass is 32.2. The monoisotopic (exact) mass is 281 g/mol. The van der Waals surface area contributed by atoms with Crippen LogP contribution in [0.3, 0.4) is 0 Å². The summed E-state index contributed by atoms with van der Waals surface area (Å²) >= 11 is 1.58. The topological polar surface area (TPSA) is 49.3 Å². The van der Waals surface area contributed by atoms with Crippen LogP contribution in [0.5, 0.6) is 0 Å². The van der Waals surface area contributed by atoms with Crippen LogP contribution in [0.4, 0.5) is 0 Å². The van der Waals surface area contributed by atoms with Crippen LogP contribution in [0, 0.1) is 5.41 Å². The molecule has 0 fully saturated rings. The van der Waals surface area contributed by atoms with Gasteiger partial charge in [0.05, 0.1) is 5.56 Å². The van der Waals surface area contributed by atoms with E-state index in [9.17, 15) is 4.79 Å². The van der Waals surface area contributed by atoms with E-state index < -0.39 is 0 Å². The smallest absolute Gasteiger partial charge is 0.252 e. The van der Waals surface area contributed by atoms with Gasteiger partial charge >= 0.3 is 0 Å². The molecule has 0 aliphatic heterocycles. The third-order valence-corrected chi connectivity index (χ3v) is 3.89. The number of carbonyl (C=O) groups excluding carboxylic acids is 1. The van der Waals surface area contributed by atoms with Crippen molar-refractivity contribution in [1.29, 1.82) is 0 Å². The molecule has 0 saturated carbocycles. The van der Waals surface area contributed by atoms with E-state index in [0.717, 1.165) is 23.3 Å². The van der Waals surface area contributed by atoms with Crippen molar-refractivity contribution in [2.75, 3.05) is 19.4 Å². The maximum Gasteiger partial charge on any atom is 0.252 e. The highest BCUT2D eigenvalue weighted by Gasteiger charge is 2.19. The second kappa shape index (κ2) is 7.56. The van der Waals surface area contributed by atoms with E-state index in [1.54, 1.807) is 11.8 Å². The fourth-order valence-electron chi connectivity index (χ4n) is 1.89. The van der Waals surface area contributed by atoms with Crippen LogP contribution >= 0.6 is 11.8 Å². The average molecular weight is 281 g/mol. The molecule has 0 aromatic heterocycles. The Morgan fingerprint density at radius 2 is 2.05 bits per heavy atom. The van der Waals surface area contributed by atoms with Gasteiger partial charge in [-0.3, -0.25) is 4.79 Å². The van der Waals surface area contributed by atoms with Gasteiger partial charge < -0.3 is 10.4 Å². The Balaban J connectivity index is 2.60. The number of rotatable bonds is 7. The maximum atomic E-state index is 12.2. The van der Waals surface area contributed by atoms with Crippen molar-refractivity contribution >= 4 is 17.7 Å². The molecule has 1 rings (SSSR count). The number of aliphatic hydroxyl groups is 1. The SMILES string of the molecule is CSc1ccccc1C(=O)NCC(C)(C)CCCO. The predicted octanol–water partition coefficient (Wildman–Crippen LogP) is 2.94. The zero-order chi connectivity index (χ0) is 14.3. The van der Waals surface area contributed by atoms with Crippen LogP contribution < -0.4 is 5.32 Å². The summed E-state index contributed by atoms with van der Waals surface area (Å²) in [5.74, 6) is -0.0259. The molecule has 0 radical (unpaired) electrons. The number of amides is 1. The van der Waals surface area contributed by atoms with Crippen molar-refractivity contribution in [2.24, 2.45) is 5.41 Å². The fourth-order valence-corrected chi connectivity index (χ4v) is 2.49. The minimum absolute atomic E-state index is 0.00664. The summed E-state index contributed by atoms with van der Waals surface area (Å²) in [5.41, 5.74) is 0.736. The number of hydrogen-bond acceptors (Lipinski definition) is 3. The van der Waals surface area contributed by atoms with Gasteiger partial charge in [-0.05, 0) is 36.6 Å². The van der Waals surface area contributed by atoms with Gasteiger partial charge in [-0.25, -0.2) is 0 Å². The molecular weight excluding hydrogens is 258 g/mol. The molecule has 1 amide bonds. The number of hydrogen-bond donors (Lipinski definition) is 2. The van der Waals surface area contributed by atoms with Crippen LogP contribution in [0.25, 0.3) is 0 Å². The van der Waals surface area contributed by atoms with Gasteiger partial charge in [0.1, 0.15) is 0 Å². The normalized spacial score (nSPS) is 11.4. The molecule has 1 aromatic carbocycles. The summed E-state index contributed by atoms with van der Waals surface area (Å²) in [6, 6.07) is 7.62. The lowest BCUT2D eigenvalue weighted by molar-refractivity contribution is 0.0930. The van der Waals surface area contributed by atoms with E-state index in [0.29, 0.717) is 6.54 Å². The van der Waals surface area contributed by atoms with Crippen LogP contribution in [-0.2, 0) is 0 Å². The molecule has 0 heterocycles. The van der Waals surface area contributed by atoms with Crippen molar-refractivity contribution in [1.82, 2.24) is 5.32 Å². The van der Waals surface area contributed by atoms with Gasteiger partial charge in [0, 0.05) is 18.0 Å². The second-order valence-electron chi connectivity index (χ2n) is 5.37. The molecule has 0 spiro atoms. The summed E-state index contributed by atoms with van der Waals surface area (Å²) in [6.07, 6.45) is 3.63. The third kappa shape index (κ3) is 5.25. The van der Waals surface area contributed by atoms with Gasteiger partial charge in [-0.15, -0.1) is 11.8 Å². The number of aliphatic hydroxyl groups excluding tert-OH is 1. The number of thioether (sulfide) groups is 1. The summed E-state index contributed by atoms with van der Waals surface area (Å²) in [7, 11) is 0. The van der Waals surface area contributed by atoms with Crippen LogP contribution in [0.1, 0.15) is 37.0 Å². The lowest BCUT2D eigenvalue weighted by Gasteiger charge is -2.24. The third-order valence-electron chi connectivity index (χ3n) is 3.09. The van der Waals surface area contributed by atoms with Crippen molar-refractivity contribution in [3.8, 4) is 0 Å². The standard InChI is InChI=1S/C15H23NO2S/c1-15(2,9-6-10-17)11-16-14(18)12-7-4-5-8-13(12)19-3/h4-5,7-8,17H,6,9-11H2,1-3H3,(H,16,18). The first-order valence-electron chi connectivity index (χ1n) is 6.52. The highest BCUT2D eigenvalue weighted by molar-refractivity contribution is 7.98. The Labute approximate surface area is 119 Å². The van der Waals surface area contributed by atoms with Crippen molar-refractivity contribution in [2.45, 2.75) is 31.6 Å². The maximum absolute atomic E-state index is 12.2. The predicted molar refractivity (Wildman–Crippen MR) is 80.7 cm³/mol. The first kappa shape index (κ1) is 16.1. The van der Waals surface area contributed by atoms with E-state index >= 15 is 0 Å². The van der Waals surface area contributed by atoms with Crippen molar-refractivity contribution in [3.63, 3.8) is 0 Å². The van der Waals surface area contributed by atoms with Crippen molar-refractivity contribution < 1.29 is 9.90 Å². The minimum atomic E-state index is -0.0259. The minimum Gasteiger partial charge on any atom is -0.396 e. The van der Waals surface area contributed by atoms with Gasteiger partial charge in [0.2, 0.25) is 0 Å². The first-order valence-corrected chi connectivity index (χ1v) is 7.75. The summed E-state index contributed by atoms with van der Waals surface area (Å²) in [5, 5.41) is 11.9. The molecule has 0 atom stereocenters. The summed E-state index contributed by atoms with van der Waals surface area (Å²) in [4.78, 5) is 13.2. The Hall–Kier alpha value is -1.00. The van der Waals surface area contributed by atoms with Gasteiger partial charge in [-0.2, -0.15) is 0 Å². The lowest BCUT2D eigenvalue weighted by Crippen LogP contribution is -2.34. The molecule has 0 aliphatic rings. The molecule has 0 unspecified atom stereocenters. The average Bonchev–Trinajstić information content (AvgIpc) is 2.42.